The van der Waals surface area contributed by atoms with Crippen LogP contribution in [-0.4, -0.2) is 29.1 Å². The van der Waals surface area contributed by atoms with E-state index in [1.807, 2.05) is 36.1 Å². The Morgan fingerprint density at radius 1 is 1.33 bits per heavy atom. The second-order valence-corrected chi connectivity index (χ2v) is 5.59. The van der Waals surface area contributed by atoms with Crippen molar-refractivity contribution in [2.75, 3.05) is 18.8 Å². The van der Waals surface area contributed by atoms with Gasteiger partial charge in [-0.15, -0.1) is 0 Å². The summed E-state index contributed by atoms with van der Waals surface area (Å²) in [6.07, 6.45) is 1.78. The van der Waals surface area contributed by atoms with Crippen molar-refractivity contribution in [3.05, 3.63) is 47.2 Å². The van der Waals surface area contributed by atoms with Crippen molar-refractivity contribution < 1.29 is 9.32 Å². The van der Waals surface area contributed by atoms with E-state index in [4.69, 9.17) is 10.3 Å². The lowest BCUT2D eigenvalue weighted by Crippen LogP contribution is -2.38. The maximum Gasteiger partial charge on any atom is 0.253 e. The number of carbonyl (C=O) groups is 1. The van der Waals surface area contributed by atoms with Gasteiger partial charge in [-0.2, -0.15) is 0 Å². The number of piperidine rings is 1. The molecule has 1 aromatic carbocycles. The van der Waals surface area contributed by atoms with Gasteiger partial charge in [-0.1, -0.05) is 22.9 Å². The van der Waals surface area contributed by atoms with Crippen molar-refractivity contribution >= 4 is 11.8 Å². The van der Waals surface area contributed by atoms with Crippen LogP contribution in [-0.2, 0) is 0 Å². The first-order valence-electron chi connectivity index (χ1n) is 7.21. The molecule has 1 amide bonds. The van der Waals surface area contributed by atoms with Crippen LogP contribution in [0.3, 0.4) is 0 Å². The van der Waals surface area contributed by atoms with Crippen LogP contribution in [0.25, 0.3) is 0 Å². The first-order valence-corrected chi connectivity index (χ1v) is 7.21. The Kier molecular flexibility index (Phi) is 3.64. The summed E-state index contributed by atoms with van der Waals surface area (Å²) in [5.74, 6) is 0.785. The molecule has 2 heterocycles. The fourth-order valence-corrected chi connectivity index (χ4v) is 2.84. The van der Waals surface area contributed by atoms with E-state index < -0.39 is 0 Å². The number of aromatic nitrogens is 1. The van der Waals surface area contributed by atoms with Crippen LogP contribution in [0.1, 0.15) is 40.4 Å². The number of hydrogen-bond donors (Lipinski definition) is 1. The number of hydrogen-bond acceptors (Lipinski definition) is 4. The fourth-order valence-electron chi connectivity index (χ4n) is 2.84. The minimum Gasteiger partial charge on any atom is -0.368 e. The van der Waals surface area contributed by atoms with Crippen molar-refractivity contribution in [3.63, 3.8) is 0 Å². The molecule has 0 unspecified atom stereocenters. The zero-order chi connectivity index (χ0) is 14.8. The van der Waals surface area contributed by atoms with Gasteiger partial charge in [0.05, 0.1) is 5.69 Å². The van der Waals surface area contributed by atoms with Crippen molar-refractivity contribution in [1.82, 2.24) is 10.1 Å². The third kappa shape index (κ3) is 2.91. The quantitative estimate of drug-likeness (QED) is 0.920. The maximum atomic E-state index is 12.5. The summed E-state index contributed by atoms with van der Waals surface area (Å²) in [4.78, 5) is 14.4. The summed E-state index contributed by atoms with van der Waals surface area (Å²) in [6, 6.07) is 9.51. The van der Waals surface area contributed by atoms with Gasteiger partial charge >= 0.3 is 0 Å². The SMILES string of the molecule is Cc1cccc(C(=O)N2CCC(c3cc(N)on3)CC2)c1. The summed E-state index contributed by atoms with van der Waals surface area (Å²) in [6.45, 7) is 3.48. The number of anilines is 1. The van der Waals surface area contributed by atoms with E-state index in [-0.39, 0.29) is 5.91 Å². The molecule has 1 fully saturated rings. The zero-order valence-corrected chi connectivity index (χ0v) is 12.1. The number of likely N-dealkylation sites (tertiary alicyclic amines) is 1. The molecule has 1 aliphatic heterocycles. The molecule has 110 valence electrons. The van der Waals surface area contributed by atoms with E-state index in [2.05, 4.69) is 5.16 Å². The third-order valence-electron chi connectivity index (χ3n) is 4.01. The van der Waals surface area contributed by atoms with Crippen LogP contribution < -0.4 is 5.73 Å². The molecule has 0 bridgehead atoms. The van der Waals surface area contributed by atoms with Crippen LogP contribution in [0.5, 0.6) is 0 Å². The molecular formula is C16H19N3O2. The molecule has 0 aliphatic carbocycles. The highest BCUT2D eigenvalue weighted by Gasteiger charge is 2.26. The average molecular weight is 285 g/mol. The van der Waals surface area contributed by atoms with Crippen LogP contribution in [0, 0.1) is 6.92 Å². The molecule has 0 atom stereocenters. The molecule has 21 heavy (non-hydrogen) atoms. The lowest BCUT2D eigenvalue weighted by atomic mass is 9.93. The number of aryl methyl sites for hydroxylation is 1. The minimum absolute atomic E-state index is 0.108. The minimum atomic E-state index is 0.108. The van der Waals surface area contributed by atoms with Crippen molar-refractivity contribution in [1.29, 1.82) is 0 Å². The average Bonchev–Trinajstić information content (AvgIpc) is 2.93. The van der Waals surface area contributed by atoms with E-state index in [1.54, 1.807) is 6.07 Å². The third-order valence-corrected chi connectivity index (χ3v) is 4.01. The van der Waals surface area contributed by atoms with Crippen LogP contribution >= 0.6 is 0 Å². The Morgan fingerprint density at radius 2 is 2.10 bits per heavy atom. The Bertz CT molecular complexity index is 642. The van der Waals surface area contributed by atoms with E-state index >= 15 is 0 Å². The van der Waals surface area contributed by atoms with Crippen molar-refractivity contribution in [2.24, 2.45) is 0 Å². The van der Waals surface area contributed by atoms with Gasteiger partial charge in [0.25, 0.3) is 5.91 Å². The van der Waals surface area contributed by atoms with Crippen LogP contribution in [0.4, 0.5) is 5.88 Å². The molecule has 1 aromatic heterocycles. The highest BCUT2D eigenvalue weighted by atomic mass is 16.5. The van der Waals surface area contributed by atoms with Crippen LogP contribution in [0.2, 0.25) is 0 Å². The number of benzene rings is 1. The number of carbonyl (C=O) groups excluding carboxylic acids is 1. The summed E-state index contributed by atoms with van der Waals surface area (Å²) in [5.41, 5.74) is 8.32. The van der Waals surface area contributed by atoms with Gasteiger partial charge in [-0.05, 0) is 31.9 Å². The molecule has 3 rings (SSSR count). The molecule has 2 aromatic rings. The topological polar surface area (TPSA) is 72.4 Å². The Labute approximate surface area is 123 Å². The smallest absolute Gasteiger partial charge is 0.253 e. The first kappa shape index (κ1) is 13.7. The van der Waals surface area contributed by atoms with E-state index in [9.17, 15) is 4.79 Å². The number of amides is 1. The fraction of sp³-hybridized carbons (Fsp3) is 0.375. The van der Waals surface area contributed by atoms with E-state index in [1.165, 1.54) is 0 Å². The van der Waals surface area contributed by atoms with Crippen LogP contribution in [0.15, 0.2) is 34.9 Å². The second kappa shape index (κ2) is 5.60. The largest absolute Gasteiger partial charge is 0.368 e. The van der Waals surface area contributed by atoms with Crippen molar-refractivity contribution in [2.45, 2.75) is 25.7 Å². The molecule has 2 N–H and O–H groups in total. The summed E-state index contributed by atoms with van der Waals surface area (Å²) in [7, 11) is 0. The lowest BCUT2D eigenvalue weighted by Gasteiger charge is -2.31. The van der Waals surface area contributed by atoms with Gasteiger partial charge in [-0.3, -0.25) is 4.79 Å². The normalized spacial score (nSPS) is 16.1. The number of nitrogen functional groups attached to an aromatic ring is 1. The standard InChI is InChI=1S/C16H19N3O2/c1-11-3-2-4-13(9-11)16(20)19-7-5-12(6-8-19)14-10-15(17)21-18-14/h2-4,9-10,12H,5-8,17H2,1H3. The summed E-state index contributed by atoms with van der Waals surface area (Å²) >= 11 is 0. The molecule has 5 heteroatoms. The monoisotopic (exact) mass is 285 g/mol. The molecule has 1 aliphatic rings. The molecular weight excluding hydrogens is 266 g/mol. The highest BCUT2D eigenvalue weighted by molar-refractivity contribution is 5.94. The second-order valence-electron chi connectivity index (χ2n) is 5.59. The van der Waals surface area contributed by atoms with Gasteiger partial charge in [0.15, 0.2) is 0 Å². The van der Waals surface area contributed by atoms with Gasteiger partial charge in [0.2, 0.25) is 5.88 Å². The predicted octanol–water partition coefficient (Wildman–Crippen LogP) is 2.59. The zero-order valence-electron chi connectivity index (χ0n) is 12.1. The molecule has 5 nitrogen and oxygen atoms in total. The molecule has 0 saturated carbocycles. The highest BCUT2D eigenvalue weighted by Crippen LogP contribution is 2.28. The lowest BCUT2D eigenvalue weighted by molar-refractivity contribution is 0.0711. The van der Waals surface area contributed by atoms with E-state index in [0.29, 0.717) is 11.8 Å². The van der Waals surface area contributed by atoms with Gasteiger partial charge in [0, 0.05) is 30.6 Å². The number of nitrogens with zero attached hydrogens (tertiary/aromatic N) is 2. The molecule has 0 radical (unpaired) electrons. The summed E-state index contributed by atoms with van der Waals surface area (Å²) < 4.78 is 4.92. The molecule has 0 spiro atoms. The van der Waals surface area contributed by atoms with E-state index in [0.717, 1.165) is 42.8 Å². The number of rotatable bonds is 2. The first-order chi connectivity index (χ1) is 10.1. The summed E-state index contributed by atoms with van der Waals surface area (Å²) in [5, 5.41) is 3.98. The Hall–Kier alpha value is -2.30. The van der Waals surface area contributed by atoms with Gasteiger partial charge < -0.3 is 15.2 Å². The number of nitrogens with two attached hydrogens (primary N) is 1. The Morgan fingerprint density at radius 3 is 2.71 bits per heavy atom. The molecule has 1 saturated heterocycles. The van der Waals surface area contributed by atoms with Gasteiger partial charge in [0.1, 0.15) is 0 Å². The van der Waals surface area contributed by atoms with Crippen molar-refractivity contribution in [3.8, 4) is 0 Å². The maximum absolute atomic E-state index is 12.5. The van der Waals surface area contributed by atoms with Gasteiger partial charge in [-0.25, -0.2) is 0 Å². The Balaban J connectivity index is 1.64. The predicted molar refractivity (Wildman–Crippen MR) is 80.0 cm³/mol.